The summed E-state index contributed by atoms with van der Waals surface area (Å²) >= 11 is 0. The molecule has 0 N–H and O–H groups in total. The summed E-state index contributed by atoms with van der Waals surface area (Å²) in [6.45, 7) is -0.255. The Morgan fingerprint density at radius 3 is 2.62 bits per heavy atom. The van der Waals surface area contributed by atoms with Crippen molar-refractivity contribution in [1.82, 2.24) is 0 Å². The maximum Gasteiger partial charge on any atom is 0.343 e. The number of esters is 1. The zero-order chi connectivity index (χ0) is 18.7. The number of hydrogen-bond acceptors (Lipinski definition) is 7. The van der Waals surface area contributed by atoms with E-state index >= 15 is 0 Å². The van der Waals surface area contributed by atoms with Gasteiger partial charge in [0.2, 0.25) is 5.78 Å². The highest BCUT2D eigenvalue weighted by molar-refractivity contribution is 6.14. The highest BCUT2D eigenvalue weighted by Gasteiger charge is 2.27. The molecule has 3 rings (SSSR count). The van der Waals surface area contributed by atoms with E-state index in [-0.39, 0.29) is 23.8 Å². The molecule has 0 spiro atoms. The summed E-state index contributed by atoms with van der Waals surface area (Å²) in [5.74, 6) is -0.0674. The van der Waals surface area contributed by atoms with Gasteiger partial charge in [-0.25, -0.2) is 4.79 Å². The number of carbonyl (C=O) groups is 2. The molecule has 1 aliphatic heterocycles. The highest BCUT2D eigenvalue weighted by Crippen LogP contribution is 2.35. The first-order valence-electron chi connectivity index (χ1n) is 7.50. The van der Waals surface area contributed by atoms with Gasteiger partial charge in [-0.3, -0.25) is 14.9 Å². The Bertz CT molecular complexity index is 916. The second-order valence-corrected chi connectivity index (χ2v) is 5.31. The van der Waals surface area contributed by atoms with Crippen LogP contribution in [0, 0.1) is 10.1 Å². The van der Waals surface area contributed by atoms with Gasteiger partial charge in [0, 0.05) is 18.2 Å². The van der Waals surface area contributed by atoms with E-state index in [4.69, 9.17) is 9.47 Å². The fourth-order valence-electron chi connectivity index (χ4n) is 2.30. The Kier molecular flexibility index (Phi) is 4.66. The third-order valence-electron chi connectivity index (χ3n) is 3.63. The van der Waals surface area contributed by atoms with Gasteiger partial charge in [-0.1, -0.05) is 0 Å². The van der Waals surface area contributed by atoms with Crippen LogP contribution < -0.4 is 9.47 Å². The standard InChI is InChI=1S/C18H13NO7/c1-24-17(20)10-25-13-6-7-14-15(9-13)26-16(18(14)21)8-11-2-4-12(5-3-11)19(22)23/h2-9H,10H2,1H3. The first-order chi connectivity index (χ1) is 12.5. The van der Waals surface area contributed by atoms with Crippen molar-refractivity contribution in [3.8, 4) is 11.5 Å². The van der Waals surface area contributed by atoms with Crippen molar-refractivity contribution in [2.75, 3.05) is 13.7 Å². The van der Waals surface area contributed by atoms with E-state index in [1.807, 2.05) is 0 Å². The number of non-ortho nitro benzene ring substituents is 1. The Hall–Kier alpha value is -3.68. The van der Waals surface area contributed by atoms with Gasteiger partial charge in [0.05, 0.1) is 17.6 Å². The van der Waals surface area contributed by atoms with Crippen LogP contribution in [0.4, 0.5) is 5.69 Å². The van der Waals surface area contributed by atoms with Crippen LogP contribution in [0.3, 0.4) is 0 Å². The zero-order valence-corrected chi connectivity index (χ0v) is 13.6. The maximum absolute atomic E-state index is 12.4. The predicted molar refractivity (Wildman–Crippen MR) is 90.0 cm³/mol. The molecule has 1 heterocycles. The molecule has 0 aromatic heterocycles. The van der Waals surface area contributed by atoms with Crippen LogP contribution in [-0.2, 0) is 9.53 Å². The van der Waals surface area contributed by atoms with Gasteiger partial charge in [0.25, 0.3) is 5.69 Å². The molecular formula is C18H13NO7. The van der Waals surface area contributed by atoms with E-state index in [1.165, 1.54) is 43.5 Å². The van der Waals surface area contributed by atoms with Crippen LogP contribution in [-0.4, -0.2) is 30.4 Å². The molecule has 0 radical (unpaired) electrons. The largest absolute Gasteiger partial charge is 0.482 e. The van der Waals surface area contributed by atoms with Crippen LogP contribution in [0.5, 0.6) is 11.5 Å². The van der Waals surface area contributed by atoms with E-state index < -0.39 is 10.9 Å². The molecule has 0 amide bonds. The van der Waals surface area contributed by atoms with Gasteiger partial charge >= 0.3 is 5.97 Å². The van der Waals surface area contributed by atoms with Gasteiger partial charge in [0.1, 0.15) is 11.5 Å². The van der Waals surface area contributed by atoms with Crippen molar-refractivity contribution in [1.29, 1.82) is 0 Å². The third-order valence-corrected chi connectivity index (χ3v) is 3.63. The number of nitro groups is 1. The molecule has 0 atom stereocenters. The molecule has 0 unspecified atom stereocenters. The smallest absolute Gasteiger partial charge is 0.343 e. The summed E-state index contributed by atoms with van der Waals surface area (Å²) in [6.07, 6.45) is 1.50. The van der Waals surface area contributed by atoms with E-state index in [0.29, 0.717) is 22.6 Å². The van der Waals surface area contributed by atoms with E-state index in [0.717, 1.165) is 0 Å². The summed E-state index contributed by atoms with van der Waals surface area (Å²) in [4.78, 5) is 33.7. The van der Waals surface area contributed by atoms with Crippen LogP contribution in [0.1, 0.15) is 15.9 Å². The number of allylic oxidation sites excluding steroid dienone is 1. The molecule has 132 valence electrons. The average molecular weight is 355 g/mol. The Balaban J connectivity index is 1.78. The Morgan fingerprint density at radius 1 is 1.23 bits per heavy atom. The van der Waals surface area contributed by atoms with Crippen LogP contribution in [0.15, 0.2) is 48.2 Å². The van der Waals surface area contributed by atoms with Crippen molar-refractivity contribution in [2.45, 2.75) is 0 Å². The summed E-state index contributed by atoms with van der Waals surface area (Å²) in [7, 11) is 1.26. The maximum atomic E-state index is 12.4. The number of carbonyl (C=O) groups excluding carboxylic acids is 2. The lowest BCUT2D eigenvalue weighted by Gasteiger charge is -2.05. The molecule has 2 aromatic carbocycles. The lowest BCUT2D eigenvalue weighted by atomic mass is 10.1. The SMILES string of the molecule is COC(=O)COc1ccc2c(c1)OC(=Cc1ccc([N+](=O)[O-])cc1)C2=O. The first kappa shape index (κ1) is 17.2. The lowest BCUT2D eigenvalue weighted by molar-refractivity contribution is -0.384. The molecule has 0 saturated carbocycles. The number of methoxy groups -OCH3 is 1. The molecule has 0 bridgehead atoms. The monoisotopic (exact) mass is 355 g/mol. The number of nitrogens with zero attached hydrogens (tertiary/aromatic N) is 1. The topological polar surface area (TPSA) is 105 Å². The number of hydrogen-bond donors (Lipinski definition) is 0. The second-order valence-electron chi connectivity index (χ2n) is 5.31. The fraction of sp³-hybridized carbons (Fsp3) is 0.111. The van der Waals surface area contributed by atoms with E-state index in [1.54, 1.807) is 12.1 Å². The molecule has 8 heteroatoms. The minimum Gasteiger partial charge on any atom is -0.482 e. The third kappa shape index (κ3) is 3.54. The van der Waals surface area contributed by atoms with Crippen LogP contribution >= 0.6 is 0 Å². The predicted octanol–water partition coefficient (Wildman–Crippen LogP) is 2.76. The number of benzene rings is 2. The lowest BCUT2D eigenvalue weighted by Crippen LogP contribution is -2.12. The van der Waals surface area contributed by atoms with Crippen molar-refractivity contribution < 1.29 is 28.7 Å². The summed E-state index contributed by atoms with van der Waals surface area (Å²) in [5.41, 5.74) is 0.916. The number of fused-ring (bicyclic) bond motifs is 1. The van der Waals surface area contributed by atoms with Crippen molar-refractivity contribution in [3.63, 3.8) is 0 Å². The Morgan fingerprint density at radius 2 is 1.96 bits per heavy atom. The van der Waals surface area contributed by atoms with E-state index in [9.17, 15) is 19.7 Å². The average Bonchev–Trinajstić information content (AvgIpc) is 2.95. The van der Waals surface area contributed by atoms with Crippen molar-refractivity contribution in [3.05, 3.63) is 69.5 Å². The minimum absolute atomic E-state index is 0.0403. The molecule has 0 aliphatic carbocycles. The van der Waals surface area contributed by atoms with Crippen molar-refractivity contribution >= 4 is 23.5 Å². The normalized spacial score (nSPS) is 13.9. The van der Waals surface area contributed by atoms with Gasteiger partial charge in [0.15, 0.2) is 12.4 Å². The van der Waals surface area contributed by atoms with E-state index in [2.05, 4.69) is 4.74 Å². The molecule has 2 aromatic rings. The molecule has 1 aliphatic rings. The van der Waals surface area contributed by atoms with Crippen molar-refractivity contribution in [2.24, 2.45) is 0 Å². The minimum atomic E-state index is -0.527. The number of ketones is 1. The number of rotatable bonds is 5. The molecular weight excluding hydrogens is 342 g/mol. The molecule has 26 heavy (non-hydrogen) atoms. The first-order valence-corrected chi connectivity index (χ1v) is 7.50. The highest BCUT2D eigenvalue weighted by atomic mass is 16.6. The molecule has 0 saturated heterocycles. The van der Waals surface area contributed by atoms with Crippen LogP contribution in [0.25, 0.3) is 6.08 Å². The van der Waals surface area contributed by atoms with Crippen LogP contribution in [0.2, 0.25) is 0 Å². The second kappa shape index (κ2) is 7.06. The fourth-order valence-corrected chi connectivity index (χ4v) is 2.30. The quantitative estimate of drug-likeness (QED) is 0.351. The number of nitro benzene ring substituents is 1. The summed E-state index contributed by atoms with van der Waals surface area (Å²) < 4.78 is 15.3. The number of Topliss-reactive ketones (excluding diaryl/α,β-unsaturated/α-hetero) is 1. The number of ether oxygens (including phenoxy) is 3. The Labute approximate surface area is 147 Å². The molecule has 0 fully saturated rings. The van der Waals surface area contributed by atoms with Gasteiger partial charge in [-0.15, -0.1) is 0 Å². The zero-order valence-electron chi connectivity index (χ0n) is 13.6. The summed E-state index contributed by atoms with van der Waals surface area (Å²) in [5, 5.41) is 10.7. The van der Waals surface area contributed by atoms with Gasteiger partial charge < -0.3 is 14.2 Å². The molecule has 8 nitrogen and oxygen atoms in total. The summed E-state index contributed by atoms with van der Waals surface area (Å²) in [6, 6.07) is 10.3. The van der Waals surface area contributed by atoms with Gasteiger partial charge in [-0.05, 0) is 35.9 Å². The van der Waals surface area contributed by atoms with Gasteiger partial charge in [-0.2, -0.15) is 0 Å².